The van der Waals surface area contributed by atoms with E-state index in [0.29, 0.717) is 5.56 Å². The van der Waals surface area contributed by atoms with Crippen molar-refractivity contribution in [3.05, 3.63) is 58.7 Å². The summed E-state index contributed by atoms with van der Waals surface area (Å²) in [5, 5.41) is 13.7. The van der Waals surface area contributed by atoms with E-state index in [1.54, 1.807) is 42.6 Å². The molecule has 0 atom stereocenters. The lowest BCUT2D eigenvalue weighted by atomic mass is 10.1. The Bertz CT molecular complexity index is 727. The molecule has 0 fully saturated rings. The fourth-order valence-corrected chi connectivity index (χ4v) is 2.25. The zero-order valence-corrected chi connectivity index (χ0v) is 14.3. The van der Waals surface area contributed by atoms with E-state index in [9.17, 15) is 9.90 Å². The zero-order chi connectivity index (χ0) is 17.7. The van der Waals surface area contributed by atoms with Crippen molar-refractivity contribution in [2.75, 3.05) is 0 Å². The number of rotatable bonds is 5. The second-order valence-electron chi connectivity index (χ2n) is 5.89. The van der Waals surface area contributed by atoms with E-state index >= 15 is 0 Å². The zero-order valence-electron chi connectivity index (χ0n) is 14.3. The number of hydrogen-bond donors (Lipinski definition) is 2. The van der Waals surface area contributed by atoms with Crippen molar-refractivity contribution in [1.82, 2.24) is 5.43 Å². The lowest BCUT2D eigenvalue weighted by molar-refractivity contribution is 0.0955. The average Bonchev–Trinajstić information content (AvgIpc) is 2.52. The monoisotopic (exact) mass is 326 g/mol. The Morgan fingerprint density at radius 3 is 2.29 bits per heavy atom. The molecule has 0 unspecified atom stereocenters. The van der Waals surface area contributed by atoms with Crippen LogP contribution in [0.25, 0.3) is 0 Å². The van der Waals surface area contributed by atoms with Gasteiger partial charge < -0.3 is 9.84 Å². The molecule has 0 bridgehead atoms. The molecule has 126 valence electrons. The quantitative estimate of drug-likeness (QED) is 0.652. The van der Waals surface area contributed by atoms with Crippen LogP contribution in [-0.4, -0.2) is 23.3 Å². The summed E-state index contributed by atoms with van der Waals surface area (Å²) in [6, 6.07) is 10.5. The van der Waals surface area contributed by atoms with Crippen molar-refractivity contribution in [2.45, 2.75) is 33.8 Å². The number of aryl methyl sites for hydroxylation is 2. The molecule has 2 N–H and O–H groups in total. The molecule has 5 nitrogen and oxygen atoms in total. The van der Waals surface area contributed by atoms with Gasteiger partial charge in [-0.1, -0.05) is 0 Å². The van der Waals surface area contributed by atoms with Gasteiger partial charge >= 0.3 is 0 Å². The van der Waals surface area contributed by atoms with Gasteiger partial charge in [-0.3, -0.25) is 4.79 Å². The predicted molar refractivity (Wildman–Crippen MR) is 94.8 cm³/mol. The van der Waals surface area contributed by atoms with E-state index < -0.39 is 0 Å². The van der Waals surface area contributed by atoms with Gasteiger partial charge in [0.25, 0.3) is 5.91 Å². The first-order valence-corrected chi connectivity index (χ1v) is 7.77. The van der Waals surface area contributed by atoms with Crippen molar-refractivity contribution in [1.29, 1.82) is 0 Å². The van der Waals surface area contributed by atoms with Crippen LogP contribution in [0.5, 0.6) is 11.5 Å². The topological polar surface area (TPSA) is 70.9 Å². The maximum absolute atomic E-state index is 12.1. The maximum atomic E-state index is 12.1. The predicted octanol–water partition coefficient (Wildman–Crippen LogP) is 3.56. The molecule has 2 rings (SSSR count). The molecule has 0 radical (unpaired) electrons. The van der Waals surface area contributed by atoms with Crippen LogP contribution < -0.4 is 10.2 Å². The van der Waals surface area contributed by atoms with Crippen molar-refractivity contribution in [2.24, 2.45) is 5.10 Å². The number of nitrogens with one attached hydrogen (secondary N) is 1. The van der Waals surface area contributed by atoms with Crippen molar-refractivity contribution in [3.63, 3.8) is 0 Å². The Balaban J connectivity index is 2.00. The normalized spacial score (nSPS) is 11.0. The molecule has 0 aliphatic rings. The van der Waals surface area contributed by atoms with Gasteiger partial charge in [0.15, 0.2) is 0 Å². The third-order valence-corrected chi connectivity index (χ3v) is 3.38. The first-order valence-electron chi connectivity index (χ1n) is 7.77. The number of carbonyl (C=O) groups excluding carboxylic acids is 1. The van der Waals surface area contributed by atoms with E-state index in [2.05, 4.69) is 10.5 Å². The molecule has 5 heteroatoms. The van der Waals surface area contributed by atoms with E-state index in [1.807, 2.05) is 27.7 Å². The summed E-state index contributed by atoms with van der Waals surface area (Å²) in [5.41, 5.74) is 5.33. The minimum atomic E-state index is -0.297. The number of hydrogen-bond acceptors (Lipinski definition) is 4. The number of phenolic OH excluding ortho intramolecular Hbond substituents is 1. The van der Waals surface area contributed by atoms with Crippen LogP contribution >= 0.6 is 0 Å². The molecule has 0 spiro atoms. The molecule has 1 amide bonds. The van der Waals surface area contributed by atoms with Gasteiger partial charge in [-0.25, -0.2) is 5.43 Å². The summed E-state index contributed by atoms with van der Waals surface area (Å²) in [4.78, 5) is 12.1. The fourth-order valence-electron chi connectivity index (χ4n) is 2.25. The van der Waals surface area contributed by atoms with E-state index in [0.717, 1.165) is 22.4 Å². The van der Waals surface area contributed by atoms with E-state index in [-0.39, 0.29) is 17.8 Å². The molecule has 0 saturated heterocycles. The molecular formula is C19H22N2O3. The van der Waals surface area contributed by atoms with Crippen molar-refractivity contribution < 1.29 is 14.6 Å². The van der Waals surface area contributed by atoms with Crippen LogP contribution in [0.3, 0.4) is 0 Å². The highest BCUT2D eigenvalue weighted by Gasteiger charge is 2.05. The standard InChI is InChI=1S/C19H22N2O3/c1-12(2)24-17-7-5-16(6-8-17)19(23)21-20-11-15-9-13(3)18(22)14(4)10-15/h5-12,22H,1-4H3,(H,21,23)/b20-11+. The lowest BCUT2D eigenvalue weighted by Gasteiger charge is -2.09. The van der Waals surface area contributed by atoms with Crippen LogP contribution in [-0.2, 0) is 0 Å². The van der Waals surface area contributed by atoms with Crippen LogP contribution in [0, 0.1) is 13.8 Å². The smallest absolute Gasteiger partial charge is 0.271 e. The summed E-state index contributed by atoms with van der Waals surface area (Å²) in [5.74, 6) is 0.703. The van der Waals surface area contributed by atoms with E-state index in [1.165, 1.54) is 0 Å². The van der Waals surface area contributed by atoms with Gasteiger partial charge in [0.05, 0.1) is 12.3 Å². The third-order valence-electron chi connectivity index (χ3n) is 3.38. The van der Waals surface area contributed by atoms with Crippen molar-refractivity contribution in [3.8, 4) is 11.5 Å². The number of amides is 1. The number of hydrazone groups is 1. The molecule has 0 aromatic heterocycles. The number of benzene rings is 2. The molecule has 0 aliphatic carbocycles. The second kappa shape index (κ2) is 7.64. The lowest BCUT2D eigenvalue weighted by Crippen LogP contribution is -2.17. The number of ether oxygens (including phenoxy) is 1. The number of phenols is 1. The number of carbonyl (C=O) groups is 1. The minimum Gasteiger partial charge on any atom is -0.507 e. The molecule has 2 aromatic rings. The Morgan fingerprint density at radius 1 is 1.17 bits per heavy atom. The Kier molecular flexibility index (Phi) is 5.58. The second-order valence-corrected chi connectivity index (χ2v) is 5.89. The van der Waals surface area contributed by atoms with Crippen LogP contribution in [0.1, 0.15) is 40.9 Å². The summed E-state index contributed by atoms with van der Waals surface area (Å²) >= 11 is 0. The van der Waals surface area contributed by atoms with Crippen LogP contribution in [0.2, 0.25) is 0 Å². The molecular weight excluding hydrogens is 304 g/mol. The highest BCUT2D eigenvalue weighted by molar-refractivity contribution is 5.95. The number of aromatic hydroxyl groups is 1. The minimum absolute atomic E-state index is 0.0894. The van der Waals surface area contributed by atoms with E-state index in [4.69, 9.17) is 4.74 Å². The van der Waals surface area contributed by atoms with Crippen LogP contribution in [0.4, 0.5) is 0 Å². The molecule has 0 heterocycles. The first kappa shape index (κ1) is 17.5. The largest absolute Gasteiger partial charge is 0.507 e. The average molecular weight is 326 g/mol. The molecule has 24 heavy (non-hydrogen) atoms. The molecule has 0 saturated carbocycles. The van der Waals surface area contributed by atoms with Gasteiger partial charge in [-0.2, -0.15) is 5.10 Å². The molecule has 0 aliphatic heterocycles. The highest BCUT2D eigenvalue weighted by Crippen LogP contribution is 2.22. The highest BCUT2D eigenvalue weighted by atomic mass is 16.5. The Morgan fingerprint density at radius 2 is 1.75 bits per heavy atom. The van der Waals surface area contributed by atoms with Crippen molar-refractivity contribution >= 4 is 12.1 Å². The van der Waals surface area contributed by atoms with Gasteiger partial charge in [0.2, 0.25) is 0 Å². The summed E-state index contributed by atoms with van der Waals surface area (Å²) < 4.78 is 5.54. The molecule has 2 aromatic carbocycles. The van der Waals surface area contributed by atoms with Gasteiger partial charge in [0, 0.05) is 5.56 Å². The van der Waals surface area contributed by atoms with Gasteiger partial charge in [-0.05, 0) is 80.8 Å². The SMILES string of the molecule is Cc1cc(/C=N/NC(=O)c2ccc(OC(C)C)cc2)cc(C)c1O. The third kappa shape index (κ3) is 4.59. The number of nitrogens with zero attached hydrogens (tertiary/aromatic N) is 1. The van der Waals surface area contributed by atoms with Gasteiger partial charge in [-0.15, -0.1) is 0 Å². The van der Waals surface area contributed by atoms with Crippen LogP contribution in [0.15, 0.2) is 41.5 Å². The Hall–Kier alpha value is -2.82. The fraction of sp³-hybridized carbons (Fsp3) is 0.263. The van der Waals surface area contributed by atoms with Gasteiger partial charge in [0.1, 0.15) is 11.5 Å². The first-order chi connectivity index (χ1) is 11.4. The summed E-state index contributed by atoms with van der Waals surface area (Å²) in [6.07, 6.45) is 1.64. The maximum Gasteiger partial charge on any atom is 0.271 e. The summed E-state index contributed by atoms with van der Waals surface area (Å²) in [6.45, 7) is 7.53. The Labute approximate surface area is 142 Å². The summed E-state index contributed by atoms with van der Waals surface area (Å²) in [7, 11) is 0.